The van der Waals surface area contributed by atoms with Crippen LogP contribution < -0.4 is 10.6 Å². The molecule has 0 aromatic carbocycles. The number of carbonyl (C=O) groups is 2. The van der Waals surface area contributed by atoms with E-state index in [2.05, 4.69) is 43.4 Å². The van der Waals surface area contributed by atoms with Gasteiger partial charge < -0.3 is 15.7 Å². The van der Waals surface area contributed by atoms with E-state index < -0.39 is 12.0 Å². The minimum absolute atomic E-state index is 0.0969. The molecule has 0 aliphatic rings. The van der Waals surface area contributed by atoms with E-state index in [1.807, 2.05) is 4.68 Å². The van der Waals surface area contributed by atoms with Crippen LogP contribution in [0.15, 0.2) is 6.20 Å². The Morgan fingerprint density at radius 3 is 2.55 bits per heavy atom. The lowest BCUT2D eigenvalue weighted by molar-refractivity contribution is -0.136. The number of hydrogen-bond acceptors (Lipinski definition) is 3. The Kier molecular flexibility index (Phi) is 6.88. The van der Waals surface area contributed by atoms with Gasteiger partial charge in [-0.15, -0.1) is 0 Å². The Labute approximate surface area is 131 Å². The monoisotopic (exact) mass is 310 g/mol. The highest BCUT2D eigenvalue weighted by Gasteiger charge is 2.16. The van der Waals surface area contributed by atoms with Gasteiger partial charge in [0.2, 0.25) is 0 Å². The number of carboxylic acids is 1. The summed E-state index contributed by atoms with van der Waals surface area (Å²) in [5, 5.41) is 18.2. The molecule has 1 aromatic rings. The van der Waals surface area contributed by atoms with Crippen molar-refractivity contribution in [2.75, 3.05) is 11.9 Å². The molecule has 0 bridgehead atoms. The molecule has 0 fully saturated rings. The van der Waals surface area contributed by atoms with E-state index in [1.54, 1.807) is 6.20 Å². The number of aliphatic carboxylic acids is 1. The van der Waals surface area contributed by atoms with Crippen molar-refractivity contribution in [1.29, 1.82) is 0 Å². The fourth-order valence-electron chi connectivity index (χ4n) is 2.11. The van der Waals surface area contributed by atoms with E-state index in [0.717, 1.165) is 18.7 Å². The topological polar surface area (TPSA) is 96.3 Å². The Morgan fingerprint density at radius 1 is 1.32 bits per heavy atom. The van der Waals surface area contributed by atoms with Gasteiger partial charge in [0, 0.05) is 13.1 Å². The van der Waals surface area contributed by atoms with E-state index in [-0.39, 0.29) is 18.9 Å². The maximum atomic E-state index is 11.8. The van der Waals surface area contributed by atoms with E-state index in [9.17, 15) is 9.59 Å². The molecule has 0 unspecified atom stereocenters. The zero-order chi connectivity index (χ0) is 16.7. The predicted octanol–water partition coefficient (Wildman–Crippen LogP) is 2.65. The fourth-order valence-corrected chi connectivity index (χ4v) is 2.11. The molecular formula is C15H26N4O3. The summed E-state index contributed by atoms with van der Waals surface area (Å²) in [6.07, 6.45) is 2.57. The normalized spacial score (nSPS) is 11.0. The first-order chi connectivity index (χ1) is 10.3. The van der Waals surface area contributed by atoms with Gasteiger partial charge in [0.1, 0.15) is 0 Å². The first kappa shape index (κ1) is 18.0. The highest BCUT2D eigenvalue weighted by Crippen LogP contribution is 2.24. The van der Waals surface area contributed by atoms with E-state index >= 15 is 0 Å². The number of amides is 2. The van der Waals surface area contributed by atoms with Gasteiger partial charge >= 0.3 is 12.0 Å². The van der Waals surface area contributed by atoms with Gasteiger partial charge in [-0.05, 0) is 18.3 Å². The number of nitrogens with zero attached hydrogens (tertiary/aromatic N) is 2. The van der Waals surface area contributed by atoms with Gasteiger partial charge in [-0.3, -0.25) is 9.48 Å². The summed E-state index contributed by atoms with van der Waals surface area (Å²) < 4.78 is 1.93. The Balaban J connectivity index is 2.69. The lowest BCUT2D eigenvalue weighted by Crippen LogP contribution is -2.30. The number of rotatable bonds is 8. The smallest absolute Gasteiger partial charge is 0.319 e. The Hall–Kier alpha value is -2.05. The second kappa shape index (κ2) is 8.41. The molecule has 0 saturated heterocycles. The van der Waals surface area contributed by atoms with Crippen molar-refractivity contribution >= 4 is 17.7 Å². The molecule has 0 aliphatic carbocycles. The number of carboxylic acid groups (broad SMARTS) is 1. The van der Waals surface area contributed by atoms with Crippen LogP contribution in [0.2, 0.25) is 0 Å². The maximum absolute atomic E-state index is 11.8. The minimum Gasteiger partial charge on any atom is -0.481 e. The highest BCUT2D eigenvalue weighted by molar-refractivity contribution is 5.90. The third kappa shape index (κ3) is 5.75. The molecule has 1 aromatic heterocycles. The molecule has 124 valence electrons. The number of nitrogens with one attached hydrogen (secondary N) is 2. The first-order valence-corrected chi connectivity index (χ1v) is 7.63. The average Bonchev–Trinajstić information content (AvgIpc) is 2.78. The van der Waals surface area contributed by atoms with E-state index in [1.165, 1.54) is 0 Å². The lowest BCUT2D eigenvalue weighted by Gasteiger charge is -2.14. The number of aromatic nitrogens is 2. The van der Waals surface area contributed by atoms with Crippen LogP contribution in [0.4, 0.5) is 10.5 Å². The van der Waals surface area contributed by atoms with Crippen LogP contribution in [0.3, 0.4) is 0 Å². The summed E-state index contributed by atoms with van der Waals surface area (Å²) in [6.45, 7) is 9.33. The van der Waals surface area contributed by atoms with Crippen LogP contribution in [0.25, 0.3) is 0 Å². The largest absolute Gasteiger partial charge is 0.481 e. The third-order valence-electron chi connectivity index (χ3n) is 3.22. The molecule has 22 heavy (non-hydrogen) atoms. The SMILES string of the molecule is CC(C)CCn1ncc(NC(=O)NCCC(=O)O)c1C(C)C. The molecule has 0 aliphatic heterocycles. The summed E-state index contributed by atoms with van der Waals surface area (Å²) in [5.74, 6) is -0.131. The predicted molar refractivity (Wildman–Crippen MR) is 85.0 cm³/mol. The standard InChI is InChI=1S/C15H26N4O3/c1-10(2)6-8-19-14(11(3)4)12(9-17-19)18-15(22)16-7-5-13(20)21/h9-11H,5-8H2,1-4H3,(H,20,21)(H2,16,18,22). The van der Waals surface area contributed by atoms with Crippen molar-refractivity contribution in [3.63, 3.8) is 0 Å². The molecular weight excluding hydrogens is 284 g/mol. The summed E-state index contributed by atoms with van der Waals surface area (Å²) in [5.41, 5.74) is 1.65. The second-order valence-electron chi connectivity index (χ2n) is 6.03. The molecule has 1 rings (SSSR count). The summed E-state index contributed by atoms with van der Waals surface area (Å²) >= 11 is 0. The molecule has 1 heterocycles. The van der Waals surface area contributed by atoms with Crippen molar-refractivity contribution in [2.24, 2.45) is 5.92 Å². The number of anilines is 1. The first-order valence-electron chi connectivity index (χ1n) is 7.63. The Bertz CT molecular complexity index is 509. The summed E-state index contributed by atoms with van der Waals surface area (Å²) in [7, 11) is 0. The number of hydrogen-bond donors (Lipinski definition) is 3. The molecule has 0 spiro atoms. The van der Waals surface area contributed by atoms with Gasteiger partial charge in [0.25, 0.3) is 0 Å². The van der Waals surface area contributed by atoms with Crippen LogP contribution in [0.5, 0.6) is 0 Å². The van der Waals surface area contributed by atoms with Gasteiger partial charge in [0.05, 0.1) is 24.0 Å². The maximum Gasteiger partial charge on any atom is 0.319 e. The molecule has 0 atom stereocenters. The summed E-state index contributed by atoms with van der Waals surface area (Å²) in [6, 6.07) is -0.411. The average molecular weight is 310 g/mol. The van der Waals surface area contributed by atoms with E-state index in [4.69, 9.17) is 5.11 Å². The lowest BCUT2D eigenvalue weighted by atomic mass is 10.1. The van der Waals surface area contributed by atoms with Crippen molar-refractivity contribution in [2.45, 2.75) is 53.0 Å². The number of aryl methyl sites for hydroxylation is 1. The molecule has 7 nitrogen and oxygen atoms in total. The van der Waals surface area contributed by atoms with Gasteiger partial charge in [0.15, 0.2) is 0 Å². The van der Waals surface area contributed by atoms with Crippen molar-refractivity contribution in [3.8, 4) is 0 Å². The fraction of sp³-hybridized carbons (Fsp3) is 0.667. The van der Waals surface area contributed by atoms with E-state index in [0.29, 0.717) is 11.6 Å². The van der Waals surface area contributed by atoms with Gasteiger partial charge in [-0.25, -0.2) is 4.79 Å². The zero-order valence-corrected chi connectivity index (χ0v) is 13.7. The third-order valence-corrected chi connectivity index (χ3v) is 3.22. The molecule has 3 N–H and O–H groups in total. The number of urea groups is 1. The van der Waals surface area contributed by atoms with Crippen molar-refractivity contribution < 1.29 is 14.7 Å². The van der Waals surface area contributed by atoms with Crippen molar-refractivity contribution in [1.82, 2.24) is 15.1 Å². The number of carbonyl (C=O) groups excluding carboxylic acids is 1. The molecule has 0 radical (unpaired) electrons. The summed E-state index contributed by atoms with van der Waals surface area (Å²) in [4.78, 5) is 22.2. The van der Waals surface area contributed by atoms with Crippen LogP contribution in [-0.2, 0) is 11.3 Å². The zero-order valence-electron chi connectivity index (χ0n) is 13.7. The highest BCUT2D eigenvalue weighted by atomic mass is 16.4. The van der Waals surface area contributed by atoms with Crippen LogP contribution in [-0.4, -0.2) is 33.4 Å². The quantitative estimate of drug-likeness (QED) is 0.687. The molecule has 0 saturated carbocycles. The van der Waals surface area contributed by atoms with Gasteiger partial charge in [-0.2, -0.15) is 5.10 Å². The van der Waals surface area contributed by atoms with Crippen LogP contribution in [0.1, 0.15) is 52.1 Å². The minimum atomic E-state index is -0.940. The molecule has 7 heteroatoms. The van der Waals surface area contributed by atoms with Crippen LogP contribution >= 0.6 is 0 Å². The second-order valence-corrected chi connectivity index (χ2v) is 6.03. The Morgan fingerprint density at radius 2 is 2.00 bits per heavy atom. The van der Waals surface area contributed by atoms with Crippen LogP contribution in [0, 0.1) is 5.92 Å². The molecule has 2 amide bonds. The van der Waals surface area contributed by atoms with Crippen molar-refractivity contribution in [3.05, 3.63) is 11.9 Å². The van der Waals surface area contributed by atoms with Gasteiger partial charge in [-0.1, -0.05) is 27.7 Å².